The first-order valence-corrected chi connectivity index (χ1v) is 9.07. The normalized spacial score (nSPS) is 20.4. The number of aliphatic carboxylic acids is 1. The summed E-state index contributed by atoms with van der Waals surface area (Å²) in [5, 5.41) is 9.44. The van der Waals surface area contributed by atoms with E-state index < -0.39 is 23.7 Å². The Morgan fingerprint density at radius 3 is 2.60 bits per heavy atom. The summed E-state index contributed by atoms with van der Waals surface area (Å²) in [5.74, 6) is -0.339. The number of carbonyl (C=O) groups is 2. The Bertz CT molecular complexity index is 655. The first-order valence-electron chi connectivity index (χ1n) is 8.28. The molecule has 1 amide bonds. The number of nitrogens with zero attached hydrogens (tertiary/aromatic N) is 1. The number of halogens is 1. The molecule has 0 aromatic heterocycles. The van der Waals surface area contributed by atoms with E-state index >= 15 is 0 Å². The van der Waals surface area contributed by atoms with E-state index in [1.165, 1.54) is 4.90 Å². The molecule has 0 spiro atoms. The summed E-state index contributed by atoms with van der Waals surface area (Å²) in [6, 6.07) is 4.77. The van der Waals surface area contributed by atoms with Crippen LogP contribution in [0.5, 0.6) is 5.75 Å². The van der Waals surface area contributed by atoms with Crippen LogP contribution in [0.2, 0.25) is 0 Å². The summed E-state index contributed by atoms with van der Waals surface area (Å²) in [5.41, 5.74) is 0.345. The molecule has 1 aliphatic rings. The number of carbonyl (C=O) groups excluding carboxylic acids is 1. The van der Waals surface area contributed by atoms with Crippen LogP contribution in [-0.2, 0) is 16.0 Å². The fourth-order valence-corrected chi connectivity index (χ4v) is 3.17. The quantitative estimate of drug-likeness (QED) is 0.810. The van der Waals surface area contributed by atoms with Crippen LogP contribution in [0.15, 0.2) is 22.7 Å². The summed E-state index contributed by atoms with van der Waals surface area (Å²) in [7, 11) is 0. The largest absolute Gasteiger partial charge is 0.488 e. The summed E-state index contributed by atoms with van der Waals surface area (Å²) >= 11 is 3.43. The van der Waals surface area contributed by atoms with Crippen LogP contribution in [0.25, 0.3) is 0 Å². The molecule has 0 saturated carbocycles. The van der Waals surface area contributed by atoms with Gasteiger partial charge < -0.3 is 14.6 Å². The van der Waals surface area contributed by atoms with E-state index in [0.29, 0.717) is 5.75 Å². The Hall–Kier alpha value is -1.76. The lowest BCUT2D eigenvalue weighted by atomic mass is 10.1. The van der Waals surface area contributed by atoms with Crippen molar-refractivity contribution in [3.63, 3.8) is 0 Å². The average molecular weight is 414 g/mol. The van der Waals surface area contributed by atoms with Gasteiger partial charge in [0.1, 0.15) is 23.5 Å². The molecule has 1 fully saturated rings. The Morgan fingerprint density at radius 1 is 1.36 bits per heavy atom. The molecular weight excluding hydrogens is 390 g/mol. The Kier molecular flexibility index (Phi) is 5.98. The molecule has 0 aliphatic carbocycles. The van der Waals surface area contributed by atoms with Crippen molar-refractivity contribution in [3.05, 3.63) is 28.2 Å². The van der Waals surface area contributed by atoms with Crippen molar-refractivity contribution in [1.29, 1.82) is 0 Å². The van der Waals surface area contributed by atoms with Gasteiger partial charge in [0.05, 0.1) is 6.54 Å². The molecule has 0 radical (unpaired) electrons. The number of rotatable bonds is 4. The molecule has 1 aromatic carbocycles. The molecule has 7 heteroatoms. The summed E-state index contributed by atoms with van der Waals surface area (Å²) in [6.07, 6.45) is 0.00516. The number of likely N-dealkylation sites (tertiary alicyclic amines) is 1. The topological polar surface area (TPSA) is 76.1 Å². The fraction of sp³-hybridized carbons (Fsp3) is 0.556. The minimum atomic E-state index is -1.05. The van der Waals surface area contributed by atoms with Gasteiger partial charge in [0.25, 0.3) is 0 Å². The number of ether oxygens (including phenoxy) is 2. The van der Waals surface area contributed by atoms with Gasteiger partial charge in [-0.2, -0.15) is 0 Å². The third-order valence-electron chi connectivity index (χ3n) is 3.87. The van der Waals surface area contributed by atoms with Crippen molar-refractivity contribution in [2.24, 2.45) is 0 Å². The zero-order valence-electron chi connectivity index (χ0n) is 14.9. The predicted octanol–water partition coefficient (Wildman–Crippen LogP) is 3.85. The van der Waals surface area contributed by atoms with Crippen LogP contribution in [-0.4, -0.2) is 46.4 Å². The van der Waals surface area contributed by atoms with Gasteiger partial charge in [0, 0.05) is 10.9 Å². The summed E-state index contributed by atoms with van der Waals surface area (Å²) < 4.78 is 12.3. The molecule has 1 aliphatic heterocycles. The van der Waals surface area contributed by atoms with Crippen LogP contribution in [0.3, 0.4) is 0 Å². The molecule has 1 saturated heterocycles. The molecule has 1 heterocycles. The molecule has 1 N–H and O–H groups in total. The average Bonchev–Trinajstić information content (AvgIpc) is 2.91. The van der Waals surface area contributed by atoms with Gasteiger partial charge in [-0.05, 0) is 51.0 Å². The minimum Gasteiger partial charge on any atom is -0.488 e. The van der Waals surface area contributed by atoms with E-state index in [4.69, 9.17) is 9.47 Å². The molecular formula is C18H24BrNO5. The van der Waals surface area contributed by atoms with Gasteiger partial charge in [-0.3, -0.25) is 4.90 Å². The number of carboxylic acid groups (broad SMARTS) is 1. The highest BCUT2D eigenvalue weighted by Gasteiger charge is 2.42. The molecule has 0 bridgehead atoms. The predicted molar refractivity (Wildman–Crippen MR) is 96.9 cm³/mol. The zero-order valence-corrected chi connectivity index (χ0v) is 16.5. The van der Waals surface area contributed by atoms with Crippen molar-refractivity contribution in [2.45, 2.75) is 58.3 Å². The highest BCUT2D eigenvalue weighted by atomic mass is 79.9. The number of hydrogen-bond acceptors (Lipinski definition) is 4. The van der Waals surface area contributed by atoms with Crippen molar-refractivity contribution >= 4 is 28.0 Å². The first kappa shape index (κ1) is 19.6. The maximum atomic E-state index is 12.3. The van der Waals surface area contributed by atoms with Gasteiger partial charge in [-0.1, -0.05) is 22.9 Å². The maximum absolute atomic E-state index is 12.3. The van der Waals surface area contributed by atoms with Gasteiger partial charge in [-0.25, -0.2) is 9.59 Å². The number of amides is 1. The lowest BCUT2D eigenvalue weighted by molar-refractivity contribution is -0.142. The molecule has 2 atom stereocenters. The zero-order chi connectivity index (χ0) is 18.8. The lowest BCUT2D eigenvalue weighted by Gasteiger charge is -2.26. The Morgan fingerprint density at radius 2 is 2.04 bits per heavy atom. The fourth-order valence-electron chi connectivity index (χ4n) is 2.76. The highest BCUT2D eigenvalue weighted by Crippen LogP contribution is 2.29. The van der Waals surface area contributed by atoms with Gasteiger partial charge in [0.2, 0.25) is 0 Å². The number of hydrogen-bond donors (Lipinski definition) is 1. The van der Waals surface area contributed by atoms with Crippen LogP contribution >= 0.6 is 15.9 Å². The van der Waals surface area contributed by atoms with Crippen molar-refractivity contribution in [2.75, 3.05) is 6.54 Å². The maximum Gasteiger partial charge on any atom is 0.411 e. The van der Waals surface area contributed by atoms with Crippen LogP contribution in [0.4, 0.5) is 4.79 Å². The van der Waals surface area contributed by atoms with Gasteiger partial charge in [-0.15, -0.1) is 0 Å². The molecule has 6 nitrogen and oxygen atoms in total. The van der Waals surface area contributed by atoms with E-state index in [2.05, 4.69) is 15.9 Å². The molecule has 2 rings (SSSR count). The molecule has 25 heavy (non-hydrogen) atoms. The summed E-state index contributed by atoms with van der Waals surface area (Å²) in [4.78, 5) is 25.1. The van der Waals surface area contributed by atoms with E-state index in [1.54, 1.807) is 20.8 Å². The highest BCUT2D eigenvalue weighted by molar-refractivity contribution is 9.10. The van der Waals surface area contributed by atoms with Crippen molar-refractivity contribution in [1.82, 2.24) is 4.90 Å². The smallest absolute Gasteiger partial charge is 0.411 e. The minimum absolute atomic E-state index is 0.186. The van der Waals surface area contributed by atoms with E-state index in [0.717, 1.165) is 16.5 Å². The van der Waals surface area contributed by atoms with Gasteiger partial charge in [0.15, 0.2) is 0 Å². The Balaban J connectivity index is 2.14. The number of carboxylic acids is 1. The standard InChI is InChI=1S/C18H24BrNO5/c1-5-11-8-12(19)6-7-15(11)24-13-9-14(16(21)22)20(10-13)17(23)25-18(2,3)4/h6-8,13-14H,5,9-10H2,1-4H3,(H,21,22)/t13-,14+/m1/s1. The monoisotopic (exact) mass is 413 g/mol. The van der Waals surface area contributed by atoms with Gasteiger partial charge >= 0.3 is 12.1 Å². The van der Waals surface area contributed by atoms with Crippen LogP contribution in [0, 0.1) is 0 Å². The summed E-state index contributed by atoms with van der Waals surface area (Å²) in [6.45, 7) is 7.46. The number of benzene rings is 1. The van der Waals surface area contributed by atoms with Crippen molar-refractivity contribution in [3.8, 4) is 5.75 Å². The lowest BCUT2D eigenvalue weighted by Crippen LogP contribution is -2.43. The molecule has 0 unspecified atom stereocenters. The molecule has 138 valence electrons. The number of aryl methyl sites for hydroxylation is 1. The van der Waals surface area contributed by atoms with Crippen LogP contribution < -0.4 is 4.74 Å². The van der Waals surface area contributed by atoms with Crippen LogP contribution in [0.1, 0.15) is 39.7 Å². The Labute approximate surface area is 156 Å². The third-order valence-corrected chi connectivity index (χ3v) is 4.37. The molecule has 1 aromatic rings. The van der Waals surface area contributed by atoms with E-state index in [1.807, 2.05) is 25.1 Å². The third kappa shape index (κ3) is 5.11. The second kappa shape index (κ2) is 7.64. The SMILES string of the molecule is CCc1cc(Br)ccc1O[C@@H]1C[C@@H](C(=O)O)N(C(=O)OC(C)(C)C)C1. The van der Waals surface area contributed by atoms with E-state index in [9.17, 15) is 14.7 Å². The van der Waals surface area contributed by atoms with E-state index in [-0.39, 0.29) is 19.1 Å². The second-order valence-corrected chi connectivity index (χ2v) is 7.98. The second-order valence-electron chi connectivity index (χ2n) is 7.07. The van der Waals surface area contributed by atoms with Crippen molar-refractivity contribution < 1.29 is 24.2 Å². The first-order chi connectivity index (χ1) is 11.6.